The van der Waals surface area contributed by atoms with E-state index in [9.17, 15) is 9.18 Å². The second-order valence-corrected chi connectivity index (χ2v) is 5.82. The molecule has 128 valence electrons. The number of hydrogen-bond donors (Lipinski definition) is 1. The van der Waals surface area contributed by atoms with E-state index in [2.05, 4.69) is 10.3 Å². The van der Waals surface area contributed by atoms with Gasteiger partial charge in [0.1, 0.15) is 5.82 Å². The quantitative estimate of drug-likeness (QED) is 0.661. The van der Waals surface area contributed by atoms with Crippen molar-refractivity contribution in [3.63, 3.8) is 0 Å². The van der Waals surface area contributed by atoms with E-state index in [4.69, 9.17) is 16.3 Å². The number of hydrogen-bond acceptors (Lipinski definition) is 4. The summed E-state index contributed by atoms with van der Waals surface area (Å²) in [4.78, 5) is 16.2. The number of carbonyl (C=O) groups excluding carboxylic acids is 1. The number of ether oxygens (including phenoxy) is 1. The number of esters is 1. The van der Waals surface area contributed by atoms with Crippen molar-refractivity contribution < 1.29 is 13.9 Å². The minimum absolute atomic E-state index is 0.189. The van der Waals surface area contributed by atoms with Crippen molar-refractivity contribution in [3.8, 4) is 0 Å². The Morgan fingerprint density at radius 3 is 2.88 bits per heavy atom. The van der Waals surface area contributed by atoms with Crippen LogP contribution in [0.3, 0.4) is 0 Å². The van der Waals surface area contributed by atoms with Gasteiger partial charge in [0.05, 0.1) is 18.9 Å². The van der Waals surface area contributed by atoms with Gasteiger partial charge in [0.25, 0.3) is 0 Å². The summed E-state index contributed by atoms with van der Waals surface area (Å²) in [6, 6.07) is 11.6. The van der Waals surface area contributed by atoms with Gasteiger partial charge in [0.15, 0.2) is 0 Å². The van der Waals surface area contributed by atoms with Crippen molar-refractivity contribution in [2.75, 3.05) is 18.5 Å². The standard InChI is InChI=1S/C19H16ClFN2O2/c1-2-25-18(24)10-13-11-22-19(14-5-3-4-6-16(14)21)15-9-12(20)7-8-17(15)23-13/h3-10,23H,2,11H2,1H3. The summed E-state index contributed by atoms with van der Waals surface area (Å²) in [5.41, 5.74) is 2.79. The molecule has 0 atom stereocenters. The Bertz CT molecular complexity index is 877. The molecule has 0 bridgehead atoms. The average molecular weight is 359 g/mol. The summed E-state index contributed by atoms with van der Waals surface area (Å²) < 4.78 is 19.2. The number of fused-ring (bicyclic) bond motifs is 1. The Morgan fingerprint density at radius 2 is 2.12 bits per heavy atom. The van der Waals surface area contributed by atoms with Gasteiger partial charge in [-0.3, -0.25) is 4.99 Å². The fourth-order valence-corrected chi connectivity index (χ4v) is 2.75. The third-order valence-electron chi connectivity index (χ3n) is 3.65. The number of benzodiazepines with no additional fused rings is 1. The molecule has 1 aliphatic rings. The summed E-state index contributed by atoms with van der Waals surface area (Å²) in [5, 5.41) is 3.68. The molecule has 0 spiro atoms. The van der Waals surface area contributed by atoms with E-state index >= 15 is 0 Å². The number of aliphatic imine (C=N–C) groups is 1. The first-order valence-corrected chi connectivity index (χ1v) is 8.20. The minimum Gasteiger partial charge on any atom is -0.463 e. The summed E-state index contributed by atoms with van der Waals surface area (Å²) in [6.45, 7) is 2.22. The van der Waals surface area contributed by atoms with E-state index in [0.717, 1.165) is 0 Å². The molecule has 0 amide bonds. The van der Waals surface area contributed by atoms with Crippen molar-refractivity contribution >= 4 is 29.0 Å². The molecule has 2 aromatic rings. The van der Waals surface area contributed by atoms with Gasteiger partial charge in [0.2, 0.25) is 0 Å². The molecule has 1 aliphatic heterocycles. The molecule has 1 N–H and O–H groups in total. The van der Waals surface area contributed by atoms with E-state index in [1.807, 2.05) is 0 Å². The van der Waals surface area contributed by atoms with Crippen LogP contribution in [0, 0.1) is 5.82 Å². The van der Waals surface area contributed by atoms with Crippen molar-refractivity contribution in [2.45, 2.75) is 6.92 Å². The molecular weight excluding hydrogens is 343 g/mol. The Labute approximate surface area is 150 Å². The van der Waals surface area contributed by atoms with Crippen LogP contribution in [0.5, 0.6) is 0 Å². The molecular formula is C19H16ClFN2O2. The number of rotatable bonds is 3. The highest BCUT2D eigenvalue weighted by Crippen LogP contribution is 2.28. The van der Waals surface area contributed by atoms with Crippen LogP contribution >= 0.6 is 11.6 Å². The zero-order valence-corrected chi connectivity index (χ0v) is 14.3. The lowest BCUT2D eigenvalue weighted by Gasteiger charge is -2.12. The van der Waals surface area contributed by atoms with Crippen molar-refractivity contribution in [1.29, 1.82) is 0 Å². The monoisotopic (exact) mass is 358 g/mol. The van der Waals surface area contributed by atoms with Crippen molar-refractivity contribution in [3.05, 3.63) is 76.2 Å². The summed E-state index contributed by atoms with van der Waals surface area (Å²) >= 11 is 6.12. The van der Waals surface area contributed by atoms with E-state index in [0.29, 0.717) is 39.9 Å². The van der Waals surface area contributed by atoms with Crippen LogP contribution in [0.1, 0.15) is 18.1 Å². The summed E-state index contributed by atoms with van der Waals surface area (Å²) in [7, 11) is 0. The molecule has 6 heteroatoms. The fourth-order valence-electron chi connectivity index (χ4n) is 2.57. The number of carbonyl (C=O) groups is 1. The van der Waals surface area contributed by atoms with Gasteiger partial charge >= 0.3 is 5.97 Å². The average Bonchev–Trinajstić information content (AvgIpc) is 2.75. The Balaban J connectivity index is 2.10. The first-order chi connectivity index (χ1) is 12.1. The predicted molar refractivity (Wildman–Crippen MR) is 96.7 cm³/mol. The molecule has 0 saturated carbocycles. The van der Waals surface area contributed by atoms with Gasteiger partial charge in [0, 0.05) is 33.6 Å². The number of nitrogens with one attached hydrogen (secondary N) is 1. The Morgan fingerprint density at radius 1 is 1.32 bits per heavy atom. The fraction of sp³-hybridized carbons (Fsp3) is 0.158. The summed E-state index contributed by atoms with van der Waals surface area (Å²) in [6.07, 6.45) is 1.36. The molecule has 0 saturated heterocycles. The van der Waals surface area contributed by atoms with Crippen LogP contribution in [0.2, 0.25) is 5.02 Å². The van der Waals surface area contributed by atoms with Crippen LogP contribution in [0.4, 0.5) is 10.1 Å². The van der Waals surface area contributed by atoms with Crippen LogP contribution in [0.15, 0.2) is 59.2 Å². The lowest BCUT2D eigenvalue weighted by Crippen LogP contribution is -2.08. The van der Waals surface area contributed by atoms with Crippen LogP contribution < -0.4 is 5.32 Å². The van der Waals surface area contributed by atoms with E-state index in [-0.39, 0.29) is 12.4 Å². The van der Waals surface area contributed by atoms with Crippen LogP contribution in [0.25, 0.3) is 0 Å². The third-order valence-corrected chi connectivity index (χ3v) is 3.88. The van der Waals surface area contributed by atoms with Gasteiger partial charge in [-0.05, 0) is 37.3 Å². The zero-order valence-electron chi connectivity index (χ0n) is 13.6. The maximum atomic E-state index is 14.3. The molecule has 0 aliphatic carbocycles. The maximum Gasteiger partial charge on any atom is 0.332 e. The number of halogens is 2. The number of nitrogens with zero attached hydrogens (tertiary/aromatic N) is 1. The van der Waals surface area contributed by atoms with Crippen LogP contribution in [-0.2, 0) is 9.53 Å². The Hall–Kier alpha value is -2.66. The second kappa shape index (κ2) is 7.49. The smallest absolute Gasteiger partial charge is 0.332 e. The van der Waals surface area contributed by atoms with Gasteiger partial charge < -0.3 is 10.1 Å². The van der Waals surface area contributed by atoms with Gasteiger partial charge in [-0.2, -0.15) is 0 Å². The van der Waals surface area contributed by atoms with Crippen molar-refractivity contribution in [2.24, 2.45) is 4.99 Å². The SMILES string of the molecule is CCOC(=O)C=C1CN=C(c2ccccc2F)c2cc(Cl)ccc2N1. The highest BCUT2D eigenvalue weighted by Gasteiger charge is 2.19. The van der Waals surface area contributed by atoms with Gasteiger partial charge in [-0.15, -0.1) is 0 Å². The molecule has 0 unspecified atom stereocenters. The van der Waals surface area contributed by atoms with E-state index in [1.54, 1.807) is 43.3 Å². The van der Waals surface area contributed by atoms with Crippen molar-refractivity contribution in [1.82, 2.24) is 0 Å². The molecule has 3 rings (SSSR count). The topological polar surface area (TPSA) is 50.7 Å². The number of anilines is 1. The lowest BCUT2D eigenvalue weighted by atomic mass is 10.00. The molecule has 25 heavy (non-hydrogen) atoms. The maximum absolute atomic E-state index is 14.3. The number of benzene rings is 2. The Kier molecular flexibility index (Phi) is 5.14. The largest absolute Gasteiger partial charge is 0.463 e. The highest BCUT2D eigenvalue weighted by molar-refractivity contribution is 6.31. The van der Waals surface area contributed by atoms with Gasteiger partial charge in [-0.1, -0.05) is 23.7 Å². The zero-order chi connectivity index (χ0) is 17.8. The molecule has 0 radical (unpaired) electrons. The second-order valence-electron chi connectivity index (χ2n) is 5.38. The molecule has 1 heterocycles. The molecule has 2 aromatic carbocycles. The normalized spacial score (nSPS) is 15.0. The highest BCUT2D eigenvalue weighted by atomic mass is 35.5. The van der Waals surface area contributed by atoms with Crippen LogP contribution in [-0.4, -0.2) is 24.8 Å². The first kappa shape index (κ1) is 17.2. The van der Waals surface area contributed by atoms with Gasteiger partial charge in [-0.25, -0.2) is 9.18 Å². The van der Waals surface area contributed by atoms with E-state index < -0.39 is 5.97 Å². The molecule has 0 fully saturated rings. The molecule has 4 nitrogen and oxygen atoms in total. The predicted octanol–water partition coefficient (Wildman–Crippen LogP) is 4.19. The third kappa shape index (κ3) is 3.88. The molecule has 0 aromatic heterocycles. The lowest BCUT2D eigenvalue weighted by molar-refractivity contribution is -0.137. The van der Waals surface area contributed by atoms with E-state index in [1.165, 1.54) is 12.1 Å². The minimum atomic E-state index is -0.454. The first-order valence-electron chi connectivity index (χ1n) is 7.82. The summed E-state index contributed by atoms with van der Waals surface area (Å²) in [5.74, 6) is -0.824.